The van der Waals surface area contributed by atoms with Gasteiger partial charge in [0.05, 0.1) is 10.7 Å². The van der Waals surface area contributed by atoms with Gasteiger partial charge in [-0.2, -0.15) is 0 Å². The quantitative estimate of drug-likeness (QED) is 0.799. The summed E-state index contributed by atoms with van der Waals surface area (Å²) in [4.78, 5) is 11.9. The number of hydrogen-bond acceptors (Lipinski definition) is 1. The first-order valence-electron chi connectivity index (χ1n) is 5.58. The van der Waals surface area contributed by atoms with Crippen molar-refractivity contribution in [3.63, 3.8) is 0 Å². The van der Waals surface area contributed by atoms with Gasteiger partial charge in [-0.3, -0.25) is 4.79 Å². The van der Waals surface area contributed by atoms with Gasteiger partial charge < -0.3 is 5.32 Å². The van der Waals surface area contributed by atoms with Crippen LogP contribution < -0.4 is 5.32 Å². The number of hydrogen-bond donors (Lipinski definition) is 1. The van der Waals surface area contributed by atoms with E-state index < -0.39 is 5.82 Å². The van der Waals surface area contributed by atoms with Crippen molar-refractivity contribution in [2.45, 2.75) is 19.3 Å². The van der Waals surface area contributed by atoms with E-state index in [9.17, 15) is 9.18 Å². The first-order valence-corrected chi connectivity index (χ1v) is 5.96. The maximum atomic E-state index is 13.6. The molecule has 0 spiro atoms. The summed E-state index contributed by atoms with van der Waals surface area (Å²) >= 11 is 5.65. The van der Waals surface area contributed by atoms with Gasteiger partial charge in [-0.15, -0.1) is 0 Å². The fraction of sp³-hybridized carbons (Fsp3) is 0.308. The Labute approximate surface area is 104 Å². The highest BCUT2D eigenvalue weighted by molar-refractivity contribution is 6.31. The highest BCUT2D eigenvalue weighted by Gasteiger charge is 2.20. The van der Waals surface area contributed by atoms with Crippen LogP contribution in [-0.4, -0.2) is 5.91 Å². The van der Waals surface area contributed by atoms with E-state index in [0.717, 1.165) is 12.8 Å². The van der Waals surface area contributed by atoms with Gasteiger partial charge in [0, 0.05) is 5.92 Å². The monoisotopic (exact) mass is 253 g/mol. The van der Waals surface area contributed by atoms with Gasteiger partial charge >= 0.3 is 0 Å². The van der Waals surface area contributed by atoms with E-state index in [2.05, 4.69) is 11.4 Å². The molecule has 0 aliphatic heterocycles. The van der Waals surface area contributed by atoms with Crippen LogP contribution in [0.5, 0.6) is 0 Å². The fourth-order valence-electron chi connectivity index (χ4n) is 1.87. The van der Waals surface area contributed by atoms with Gasteiger partial charge in [0.2, 0.25) is 5.91 Å². The van der Waals surface area contributed by atoms with Gasteiger partial charge in [-0.25, -0.2) is 4.39 Å². The Bertz CT molecular complexity index is 459. The minimum Gasteiger partial charge on any atom is -0.323 e. The average Bonchev–Trinajstić information content (AvgIpc) is 2.36. The van der Waals surface area contributed by atoms with E-state index in [-0.39, 0.29) is 22.5 Å². The Morgan fingerprint density at radius 2 is 2.24 bits per heavy atom. The lowest BCUT2D eigenvalue weighted by molar-refractivity contribution is -0.120. The van der Waals surface area contributed by atoms with E-state index in [0.29, 0.717) is 6.42 Å². The van der Waals surface area contributed by atoms with Gasteiger partial charge in [0.15, 0.2) is 5.82 Å². The minimum atomic E-state index is -0.575. The van der Waals surface area contributed by atoms with Crippen LogP contribution in [0.25, 0.3) is 0 Å². The highest BCUT2D eigenvalue weighted by atomic mass is 35.5. The van der Waals surface area contributed by atoms with Crippen LogP contribution in [0.2, 0.25) is 5.02 Å². The van der Waals surface area contributed by atoms with Crippen molar-refractivity contribution in [2.24, 2.45) is 5.92 Å². The molecule has 1 aliphatic carbocycles. The normalized spacial score (nSPS) is 19.1. The van der Waals surface area contributed by atoms with Crippen LogP contribution in [0.3, 0.4) is 0 Å². The summed E-state index contributed by atoms with van der Waals surface area (Å²) in [7, 11) is 0. The second-order valence-electron chi connectivity index (χ2n) is 4.07. The van der Waals surface area contributed by atoms with Crippen molar-refractivity contribution in [2.75, 3.05) is 5.32 Å². The fourth-order valence-corrected chi connectivity index (χ4v) is 2.04. The van der Waals surface area contributed by atoms with Crippen LogP contribution in [0.15, 0.2) is 30.4 Å². The van der Waals surface area contributed by atoms with Gasteiger partial charge in [-0.1, -0.05) is 29.8 Å². The first-order chi connectivity index (χ1) is 8.18. The molecule has 1 N–H and O–H groups in total. The van der Waals surface area contributed by atoms with Crippen molar-refractivity contribution < 1.29 is 9.18 Å². The molecule has 0 radical (unpaired) electrons. The predicted molar refractivity (Wildman–Crippen MR) is 66.5 cm³/mol. The molecule has 0 fully saturated rings. The van der Waals surface area contributed by atoms with Gasteiger partial charge in [-0.05, 0) is 31.4 Å². The summed E-state index contributed by atoms with van der Waals surface area (Å²) in [5.41, 5.74) is 0.150. The summed E-state index contributed by atoms with van der Waals surface area (Å²) in [6, 6.07) is 4.58. The number of amides is 1. The molecule has 0 heterocycles. The molecular weight excluding hydrogens is 241 g/mol. The molecule has 0 saturated heterocycles. The zero-order chi connectivity index (χ0) is 12.3. The number of rotatable bonds is 2. The summed E-state index contributed by atoms with van der Waals surface area (Å²) in [5, 5.41) is 2.61. The van der Waals surface area contributed by atoms with Crippen LogP contribution in [0, 0.1) is 11.7 Å². The zero-order valence-corrected chi connectivity index (χ0v) is 10.0. The Kier molecular flexibility index (Phi) is 3.79. The minimum absolute atomic E-state index is 0.0198. The molecule has 1 unspecified atom stereocenters. The summed E-state index contributed by atoms with van der Waals surface area (Å²) in [6.45, 7) is 0. The predicted octanol–water partition coefficient (Wildman–Crippen LogP) is 3.77. The van der Waals surface area contributed by atoms with Crippen LogP contribution in [-0.2, 0) is 4.79 Å². The third-order valence-electron chi connectivity index (χ3n) is 2.85. The molecular formula is C13H13ClFNO. The molecule has 2 nitrogen and oxygen atoms in total. The van der Waals surface area contributed by atoms with E-state index in [1.54, 1.807) is 6.07 Å². The molecule has 0 bridgehead atoms. The summed E-state index contributed by atoms with van der Waals surface area (Å²) < 4.78 is 13.6. The van der Waals surface area contributed by atoms with Gasteiger partial charge in [0.1, 0.15) is 0 Å². The molecule has 4 heteroatoms. The Balaban J connectivity index is 2.07. The molecule has 1 amide bonds. The maximum Gasteiger partial charge on any atom is 0.227 e. The molecule has 0 saturated carbocycles. The number of benzene rings is 1. The Morgan fingerprint density at radius 1 is 1.41 bits per heavy atom. The van der Waals surface area contributed by atoms with Crippen LogP contribution >= 0.6 is 11.6 Å². The number of carbonyl (C=O) groups excluding carboxylic acids is 1. The average molecular weight is 254 g/mol. The molecule has 1 aromatic rings. The van der Waals surface area contributed by atoms with Crippen molar-refractivity contribution in [3.8, 4) is 0 Å². The van der Waals surface area contributed by atoms with E-state index in [1.807, 2.05) is 6.08 Å². The third-order valence-corrected chi connectivity index (χ3v) is 3.14. The van der Waals surface area contributed by atoms with Crippen molar-refractivity contribution >= 4 is 23.2 Å². The lowest BCUT2D eigenvalue weighted by Crippen LogP contribution is -2.24. The second-order valence-corrected chi connectivity index (χ2v) is 4.48. The molecule has 17 heavy (non-hydrogen) atoms. The smallest absolute Gasteiger partial charge is 0.227 e. The Morgan fingerprint density at radius 3 is 2.94 bits per heavy atom. The summed E-state index contributed by atoms with van der Waals surface area (Å²) in [6.07, 6.45) is 6.47. The van der Waals surface area contributed by atoms with E-state index in [4.69, 9.17) is 11.6 Å². The number of carbonyl (C=O) groups is 1. The molecule has 1 atom stereocenters. The standard InChI is InChI=1S/C13H13ClFNO/c14-10-7-4-8-11(12(10)15)16-13(17)9-5-2-1-3-6-9/h1-2,4,7-9H,3,5-6H2,(H,16,17). The van der Waals surface area contributed by atoms with Crippen LogP contribution in [0.4, 0.5) is 10.1 Å². The molecule has 1 aliphatic rings. The zero-order valence-electron chi connectivity index (χ0n) is 9.25. The number of anilines is 1. The second kappa shape index (κ2) is 5.32. The first kappa shape index (κ1) is 12.1. The lowest BCUT2D eigenvalue weighted by Gasteiger charge is -2.17. The molecule has 90 valence electrons. The summed E-state index contributed by atoms with van der Waals surface area (Å²) in [5.74, 6) is -0.789. The Hall–Kier alpha value is -1.35. The molecule has 2 rings (SSSR count). The maximum absolute atomic E-state index is 13.6. The van der Waals surface area contributed by atoms with Crippen molar-refractivity contribution in [3.05, 3.63) is 41.2 Å². The number of nitrogens with one attached hydrogen (secondary N) is 1. The largest absolute Gasteiger partial charge is 0.323 e. The number of allylic oxidation sites excluding steroid dienone is 2. The van der Waals surface area contributed by atoms with E-state index in [1.165, 1.54) is 12.1 Å². The SMILES string of the molecule is O=C(Nc1cccc(Cl)c1F)C1CC=CCC1. The van der Waals surface area contributed by atoms with E-state index >= 15 is 0 Å². The van der Waals surface area contributed by atoms with Gasteiger partial charge in [0.25, 0.3) is 0 Å². The highest BCUT2D eigenvalue weighted by Crippen LogP contribution is 2.24. The number of halogens is 2. The third kappa shape index (κ3) is 2.86. The molecule has 0 aromatic heterocycles. The van der Waals surface area contributed by atoms with Crippen molar-refractivity contribution in [1.82, 2.24) is 0 Å². The molecule has 1 aromatic carbocycles. The van der Waals surface area contributed by atoms with Crippen molar-refractivity contribution in [1.29, 1.82) is 0 Å². The van der Waals surface area contributed by atoms with Crippen LogP contribution in [0.1, 0.15) is 19.3 Å². The lowest BCUT2D eigenvalue weighted by atomic mass is 9.93. The topological polar surface area (TPSA) is 29.1 Å².